The maximum Gasteiger partial charge on any atom is 0.416 e. The van der Waals surface area contributed by atoms with Gasteiger partial charge >= 0.3 is 6.18 Å². The molecule has 1 unspecified atom stereocenters. The van der Waals surface area contributed by atoms with Crippen LogP contribution in [0, 0.1) is 6.92 Å². The number of thiazole rings is 1. The molecule has 1 aliphatic rings. The molecule has 1 saturated heterocycles. The van der Waals surface area contributed by atoms with Crippen molar-refractivity contribution in [1.29, 1.82) is 0 Å². The molecule has 1 aromatic heterocycles. The first-order chi connectivity index (χ1) is 17.5. The number of aliphatic hydroxyl groups is 1. The summed E-state index contributed by atoms with van der Waals surface area (Å²) in [6.45, 7) is 5.33. The quantitative estimate of drug-likeness (QED) is 0.394. The number of anilines is 1. The molecular weight excluding hydrogens is 529 g/mol. The summed E-state index contributed by atoms with van der Waals surface area (Å²) in [6.07, 6.45) is -5.23. The van der Waals surface area contributed by atoms with Gasteiger partial charge in [-0.15, -0.1) is 11.3 Å². The first-order valence-electron chi connectivity index (χ1n) is 11.8. The number of alkyl halides is 3. The topological polar surface area (TPSA) is 95.0 Å². The summed E-state index contributed by atoms with van der Waals surface area (Å²) in [5, 5.41) is 11.4. The number of rotatable bonds is 10. The molecule has 2 N–H and O–H groups in total. The van der Waals surface area contributed by atoms with E-state index >= 15 is 0 Å². The van der Waals surface area contributed by atoms with Gasteiger partial charge in [0.2, 0.25) is 10.0 Å². The minimum Gasteiger partial charge on any atom is -0.491 e. The lowest BCUT2D eigenvalue weighted by molar-refractivity contribution is -0.137. The van der Waals surface area contributed by atoms with E-state index < -0.39 is 27.9 Å². The SMILES string of the molecule is Cc1nc2cc(OCC(O)CN3CCN(CCS(=O)(=O)Nc4cccc(C(F)(F)F)c4)CC3)ccc2s1. The van der Waals surface area contributed by atoms with Gasteiger partial charge in [0.05, 0.1) is 26.5 Å². The average molecular weight is 559 g/mol. The highest BCUT2D eigenvalue weighted by Crippen LogP contribution is 2.31. The largest absolute Gasteiger partial charge is 0.491 e. The lowest BCUT2D eigenvalue weighted by Gasteiger charge is -2.35. The predicted octanol–water partition coefficient (Wildman–Crippen LogP) is 3.42. The number of ether oxygens (including phenoxy) is 1. The molecule has 0 bridgehead atoms. The maximum absolute atomic E-state index is 12.9. The van der Waals surface area contributed by atoms with Crippen LogP contribution in [0.5, 0.6) is 5.75 Å². The Morgan fingerprint density at radius 2 is 1.86 bits per heavy atom. The Kier molecular flexibility index (Phi) is 8.59. The van der Waals surface area contributed by atoms with E-state index in [1.165, 1.54) is 12.1 Å². The standard InChI is InChI=1S/C24H29F3N4O4S2/c1-17-28-22-14-21(5-6-23(22)36-17)35-16-20(32)15-31-9-7-30(8-10-31)11-12-37(33,34)29-19-4-2-3-18(13-19)24(25,26)27/h2-6,13-14,20,29,32H,7-12,15-16H2,1H3. The second-order valence-electron chi connectivity index (χ2n) is 8.97. The molecule has 3 aromatic rings. The number of fused-ring (bicyclic) bond motifs is 1. The number of piperazine rings is 1. The number of nitrogens with zero attached hydrogens (tertiary/aromatic N) is 3. The van der Waals surface area contributed by atoms with E-state index in [1.807, 2.05) is 30.0 Å². The second kappa shape index (κ2) is 11.5. The number of aliphatic hydroxyl groups excluding tert-OH is 1. The third-order valence-corrected chi connectivity index (χ3v) is 8.20. The highest BCUT2D eigenvalue weighted by atomic mass is 32.2. The van der Waals surface area contributed by atoms with Gasteiger partial charge in [-0.2, -0.15) is 13.2 Å². The third kappa shape index (κ3) is 8.01. The highest BCUT2D eigenvalue weighted by Gasteiger charge is 2.30. The zero-order chi connectivity index (χ0) is 26.6. The molecular formula is C24H29F3N4O4S2. The molecule has 8 nitrogen and oxygen atoms in total. The van der Waals surface area contributed by atoms with Crippen molar-refractivity contribution in [2.75, 3.05) is 56.4 Å². The number of aryl methyl sites for hydroxylation is 1. The monoisotopic (exact) mass is 558 g/mol. The van der Waals surface area contributed by atoms with Crippen molar-refractivity contribution in [1.82, 2.24) is 14.8 Å². The van der Waals surface area contributed by atoms with E-state index in [9.17, 15) is 26.7 Å². The van der Waals surface area contributed by atoms with Crippen LogP contribution < -0.4 is 9.46 Å². The Morgan fingerprint density at radius 1 is 1.14 bits per heavy atom. The minimum atomic E-state index is -4.55. The summed E-state index contributed by atoms with van der Waals surface area (Å²) in [6, 6.07) is 9.81. The van der Waals surface area contributed by atoms with Crippen LogP contribution >= 0.6 is 11.3 Å². The second-order valence-corrected chi connectivity index (χ2v) is 12.0. The Bertz CT molecular complexity index is 1310. The number of halogens is 3. The normalized spacial score (nSPS) is 16.7. The van der Waals surface area contributed by atoms with E-state index in [2.05, 4.69) is 14.6 Å². The predicted molar refractivity (Wildman–Crippen MR) is 138 cm³/mol. The summed E-state index contributed by atoms with van der Waals surface area (Å²) in [4.78, 5) is 8.52. The third-order valence-electron chi connectivity index (χ3n) is 5.98. The maximum atomic E-state index is 12.9. The molecule has 4 rings (SSSR count). The average Bonchev–Trinajstić information content (AvgIpc) is 3.21. The molecule has 13 heteroatoms. The van der Waals surface area contributed by atoms with Crippen LogP contribution in [0.15, 0.2) is 42.5 Å². The minimum absolute atomic E-state index is 0.113. The Morgan fingerprint density at radius 3 is 2.59 bits per heavy atom. The van der Waals surface area contributed by atoms with E-state index in [4.69, 9.17) is 4.74 Å². The Hall–Kier alpha value is -2.45. The summed E-state index contributed by atoms with van der Waals surface area (Å²) < 4.78 is 72.4. The zero-order valence-electron chi connectivity index (χ0n) is 20.2. The van der Waals surface area contributed by atoms with Crippen LogP contribution in [0.3, 0.4) is 0 Å². The fourth-order valence-corrected chi connectivity index (χ4v) is 5.98. The molecule has 0 spiro atoms. The van der Waals surface area contributed by atoms with Gasteiger partial charge in [-0.05, 0) is 37.3 Å². The molecule has 0 aliphatic carbocycles. The van der Waals surface area contributed by atoms with E-state index in [-0.39, 0.29) is 24.6 Å². The van der Waals surface area contributed by atoms with Gasteiger partial charge in [-0.1, -0.05) is 6.07 Å². The number of β-amino-alcohol motifs (C(OH)–C–C–N with tert-alkyl or cyclic N) is 1. The smallest absolute Gasteiger partial charge is 0.416 e. The molecule has 202 valence electrons. The van der Waals surface area contributed by atoms with Gasteiger partial charge in [0.25, 0.3) is 0 Å². The van der Waals surface area contributed by atoms with E-state index in [0.717, 1.165) is 27.4 Å². The number of hydrogen-bond donors (Lipinski definition) is 2. The number of sulfonamides is 1. The molecule has 0 amide bonds. The number of hydrogen-bond acceptors (Lipinski definition) is 8. The van der Waals surface area contributed by atoms with Crippen molar-refractivity contribution in [2.45, 2.75) is 19.2 Å². The van der Waals surface area contributed by atoms with Crippen LogP contribution in [0.4, 0.5) is 18.9 Å². The summed E-state index contributed by atoms with van der Waals surface area (Å²) in [5.41, 5.74) is -0.151. The molecule has 0 radical (unpaired) electrons. The Labute approximate surface area is 217 Å². The van der Waals surface area contributed by atoms with Crippen molar-refractivity contribution >= 4 is 37.3 Å². The van der Waals surface area contributed by atoms with Gasteiger partial charge in [-0.3, -0.25) is 14.5 Å². The lowest BCUT2D eigenvalue weighted by Crippen LogP contribution is -2.50. The van der Waals surface area contributed by atoms with Crippen LogP contribution in [-0.2, 0) is 16.2 Å². The first-order valence-corrected chi connectivity index (χ1v) is 14.2. The lowest BCUT2D eigenvalue weighted by atomic mass is 10.2. The fourth-order valence-electron chi connectivity index (χ4n) is 4.09. The van der Waals surface area contributed by atoms with Crippen LogP contribution in [-0.4, -0.2) is 86.0 Å². The first kappa shape index (κ1) is 27.6. The molecule has 2 heterocycles. The van der Waals surface area contributed by atoms with Crippen molar-refractivity contribution in [3.63, 3.8) is 0 Å². The zero-order valence-corrected chi connectivity index (χ0v) is 21.9. The number of benzene rings is 2. The summed E-state index contributed by atoms with van der Waals surface area (Å²) in [5.74, 6) is 0.421. The summed E-state index contributed by atoms with van der Waals surface area (Å²) >= 11 is 1.61. The highest BCUT2D eigenvalue weighted by molar-refractivity contribution is 7.92. The molecule has 1 fully saturated rings. The number of aromatic nitrogens is 1. The molecule has 1 aliphatic heterocycles. The molecule has 37 heavy (non-hydrogen) atoms. The molecule has 0 saturated carbocycles. The van der Waals surface area contributed by atoms with E-state index in [0.29, 0.717) is 38.5 Å². The number of nitrogens with one attached hydrogen (secondary N) is 1. The van der Waals surface area contributed by atoms with Crippen molar-refractivity contribution in [3.8, 4) is 5.75 Å². The molecule has 2 aromatic carbocycles. The Balaban J connectivity index is 1.17. The van der Waals surface area contributed by atoms with Crippen molar-refractivity contribution < 1.29 is 31.4 Å². The molecule has 1 atom stereocenters. The van der Waals surface area contributed by atoms with Gasteiger partial charge in [0, 0.05) is 51.0 Å². The van der Waals surface area contributed by atoms with Crippen molar-refractivity contribution in [2.24, 2.45) is 0 Å². The van der Waals surface area contributed by atoms with Crippen LogP contribution in [0.1, 0.15) is 10.6 Å². The summed E-state index contributed by atoms with van der Waals surface area (Å²) in [7, 11) is -3.81. The van der Waals surface area contributed by atoms with Gasteiger partial charge in [-0.25, -0.2) is 13.4 Å². The van der Waals surface area contributed by atoms with Gasteiger partial charge in [0.15, 0.2) is 0 Å². The van der Waals surface area contributed by atoms with Crippen LogP contribution in [0.2, 0.25) is 0 Å². The van der Waals surface area contributed by atoms with Gasteiger partial charge < -0.3 is 9.84 Å². The van der Waals surface area contributed by atoms with Crippen molar-refractivity contribution in [3.05, 3.63) is 53.0 Å². The van der Waals surface area contributed by atoms with Gasteiger partial charge in [0.1, 0.15) is 18.5 Å². The van der Waals surface area contributed by atoms with Crippen LogP contribution in [0.25, 0.3) is 10.2 Å². The van der Waals surface area contributed by atoms with E-state index in [1.54, 1.807) is 11.3 Å². The fraction of sp³-hybridized carbons (Fsp3) is 0.458.